The average Bonchev–Trinajstić information content (AvgIpc) is 2.18. The van der Waals surface area contributed by atoms with Crippen LogP contribution in [0, 0.1) is 11.8 Å². The van der Waals surface area contributed by atoms with Crippen LogP contribution in [0.3, 0.4) is 0 Å². The Kier molecular flexibility index (Phi) is 2.07. The first-order valence-electron chi connectivity index (χ1n) is 4.14. The van der Waals surface area contributed by atoms with Gasteiger partial charge in [0.15, 0.2) is 5.82 Å². The zero-order valence-corrected chi connectivity index (χ0v) is 7.50. The van der Waals surface area contributed by atoms with Crippen molar-refractivity contribution in [3.05, 3.63) is 41.6 Å². The molecule has 1 aromatic heterocycles. The number of carbonyl (C=O) groups excluding carboxylic acids is 1. The molecule has 1 amide bonds. The van der Waals surface area contributed by atoms with Gasteiger partial charge < -0.3 is 5.73 Å². The molecule has 0 unspecified atom stereocenters. The lowest BCUT2D eigenvalue weighted by Crippen LogP contribution is -2.12. The second-order valence-electron chi connectivity index (χ2n) is 3.00. The van der Waals surface area contributed by atoms with Crippen LogP contribution < -0.4 is 5.73 Å². The van der Waals surface area contributed by atoms with E-state index in [0.29, 0.717) is 5.39 Å². The van der Waals surface area contributed by atoms with Crippen molar-refractivity contribution < 1.29 is 13.6 Å². The molecule has 0 spiro atoms. The predicted octanol–water partition coefficient (Wildman–Crippen LogP) is 1.61. The third-order valence-electron chi connectivity index (χ3n) is 2.02. The number of primary amides is 1. The number of halogens is 2. The number of rotatable bonds is 1. The summed E-state index contributed by atoms with van der Waals surface area (Å²) in [5, 5.41) is 0.338. The van der Waals surface area contributed by atoms with Gasteiger partial charge in [-0.15, -0.1) is 0 Å². The van der Waals surface area contributed by atoms with E-state index in [1.165, 1.54) is 18.2 Å². The van der Waals surface area contributed by atoms with Crippen LogP contribution in [0.2, 0.25) is 0 Å². The fourth-order valence-electron chi connectivity index (χ4n) is 1.35. The van der Waals surface area contributed by atoms with E-state index in [1.54, 1.807) is 0 Å². The van der Waals surface area contributed by atoms with Crippen molar-refractivity contribution in [2.24, 2.45) is 5.73 Å². The Morgan fingerprint density at radius 2 is 2.07 bits per heavy atom. The molecule has 3 nitrogen and oxygen atoms in total. The van der Waals surface area contributed by atoms with Gasteiger partial charge in [0, 0.05) is 5.39 Å². The number of fused-ring (bicyclic) bond motifs is 1. The molecule has 0 saturated heterocycles. The first kappa shape index (κ1) is 9.51. The van der Waals surface area contributed by atoms with Gasteiger partial charge in [0.2, 0.25) is 5.95 Å². The van der Waals surface area contributed by atoms with Crippen LogP contribution >= 0.6 is 0 Å². The quantitative estimate of drug-likeness (QED) is 0.724. The number of nitrogens with two attached hydrogens (primary N) is 1. The minimum Gasteiger partial charge on any atom is -0.366 e. The molecule has 15 heavy (non-hydrogen) atoms. The van der Waals surface area contributed by atoms with Gasteiger partial charge in [0.25, 0.3) is 5.91 Å². The Balaban J connectivity index is 2.86. The van der Waals surface area contributed by atoms with Gasteiger partial charge in [0.1, 0.15) is 0 Å². The Hall–Kier alpha value is -2.04. The highest BCUT2D eigenvalue weighted by molar-refractivity contribution is 6.04. The lowest BCUT2D eigenvalue weighted by Gasteiger charge is -2.02. The smallest absolute Gasteiger partial charge is 0.250 e. The van der Waals surface area contributed by atoms with Crippen molar-refractivity contribution >= 4 is 16.8 Å². The summed E-state index contributed by atoms with van der Waals surface area (Å²) in [5.74, 6) is -3.01. The van der Waals surface area contributed by atoms with E-state index < -0.39 is 17.7 Å². The molecular weight excluding hydrogens is 202 g/mol. The van der Waals surface area contributed by atoms with E-state index in [-0.39, 0.29) is 11.1 Å². The highest BCUT2D eigenvalue weighted by Crippen LogP contribution is 2.18. The van der Waals surface area contributed by atoms with Crippen LogP contribution in [0.1, 0.15) is 10.4 Å². The highest BCUT2D eigenvalue weighted by Gasteiger charge is 2.11. The number of benzene rings is 1. The monoisotopic (exact) mass is 208 g/mol. The molecule has 5 heteroatoms. The van der Waals surface area contributed by atoms with Crippen molar-refractivity contribution in [1.82, 2.24) is 4.98 Å². The zero-order chi connectivity index (χ0) is 11.0. The SMILES string of the molecule is NC(=O)c1cccc2cc(F)c(F)nc12. The number of amides is 1. The van der Waals surface area contributed by atoms with E-state index >= 15 is 0 Å². The van der Waals surface area contributed by atoms with Crippen molar-refractivity contribution in [2.75, 3.05) is 0 Å². The minimum absolute atomic E-state index is 0.0731. The number of nitrogens with zero attached hydrogens (tertiary/aromatic N) is 1. The van der Waals surface area contributed by atoms with E-state index in [1.807, 2.05) is 0 Å². The fourth-order valence-corrected chi connectivity index (χ4v) is 1.35. The topological polar surface area (TPSA) is 56.0 Å². The number of carbonyl (C=O) groups is 1. The lowest BCUT2D eigenvalue weighted by atomic mass is 10.1. The molecule has 0 radical (unpaired) electrons. The van der Waals surface area contributed by atoms with Gasteiger partial charge in [-0.3, -0.25) is 4.79 Å². The van der Waals surface area contributed by atoms with E-state index in [9.17, 15) is 13.6 Å². The van der Waals surface area contributed by atoms with Crippen LogP contribution in [0.5, 0.6) is 0 Å². The molecule has 0 aliphatic carbocycles. The first-order valence-corrected chi connectivity index (χ1v) is 4.14. The average molecular weight is 208 g/mol. The molecule has 2 aromatic rings. The summed E-state index contributed by atoms with van der Waals surface area (Å²) in [6.45, 7) is 0. The minimum atomic E-state index is -1.24. The van der Waals surface area contributed by atoms with E-state index in [0.717, 1.165) is 6.07 Å². The molecule has 0 fully saturated rings. The predicted molar refractivity (Wildman–Crippen MR) is 50.2 cm³/mol. The first-order chi connectivity index (χ1) is 7.09. The van der Waals surface area contributed by atoms with Crippen LogP contribution in [0.4, 0.5) is 8.78 Å². The lowest BCUT2D eigenvalue weighted by molar-refractivity contribution is 0.100. The summed E-state index contributed by atoms with van der Waals surface area (Å²) in [6.07, 6.45) is 0. The van der Waals surface area contributed by atoms with Crippen molar-refractivity contribution in [2.45, 2.75) is 0 Å². The summed E-state index contributed by atoms with van der Waals surface area (Å²) in [6, 6.07) is 5.44. The van der Waals surface area contributed by atoms with Gasteiger partial charge in [-0.05, 0) is 12.1 Å². The number of aromatic nitrogens is 1. The van der Waals surface area contributed by atoms with Crippen LogP contribution in [-0.2, 0) is 0 Å². The maximum Gasteiger partial charge on any atom is 0.250 e. The normalized spacial score (nSPS) is 10.5. The van der Waals surface area contributed by atoms with Crippen molar-refractivity contribution in [3.63, 3.8) is 0 Å². The second-order valence-corrected chi connectivity index (χ2v) is 3.00. The third kappa shape index (κ3) is 1.52. The summed E-state index contributed by atoms with van der Waals surface area (Å²) >= 11 is 0. The summed E-state index contributed by atoms with van der Waals surface area (Å²) in [5.41, 5.74) is 5.22. The Morgan fingerprint density at radius 3 is 2.73 bits per heavy atom. The molecule has 2 N–H and O–H groups in total. The summed E-state index contributed by atoms with van der Waals surface area (Å²) in [4.78, 5) is 14.3. The van der Waals surface area contributed by atoms with Gasteiger partial charge in [0.05, 0.1) is 11.1 Å². The maximum atomic E-state index is 12.9. The van der Waals surface area contributed by atoms with E-state index in [4.69, 9.17) is 5.73 Å². The number of hydrogen-bond acceptors (Lipinski definition) is 2. The highest BCUT2D eigenvalue weighted by atomic mass is 19.2. The molecular formula is C10H6F2N2O. The van der Waals surface area contributed by atoms with Gasteiger partial charge in [-0.25, -0.2) is 9.37 Å². The van der Waals surface area contributed by atoms with Gasteiger partial charge >= 0.3 is 0 Å². The maximum absolute atomic E-state index is 12.9. The van der Waals surface area contributed by atoms with Crippen LogP contribution in [0.25, 0.3) is 10.9 Å². The molecule has 76 valence electrons. The van der Waals surface area contributed by atoms with Crippen molar-refractivity contribution in [3.8, 4) is 0 Å². The van der Waals surface area contributed by atoms with Crippen molar-refractivity contribution in [1.29, 1.82) is 0 Å². The Bertz CT molecular complexity index is 554. The molecule has 0 atom stereocenters. The number of pyridine rings is 1. The molecule has 1 heterocycles. The molecule has 0 bridgehead atoms. The van der Waals surface area contributed by atoms with Crippen LogP contribution in [-0.4, -0.2) is 10.9 Å². The summed E-state index contributed by atoms with van der Waals surface area (Å²) < 4.78 is 25.7. The number of para-hydroxylation sites is 1. The van der Waals surface area contributed by atoms with Crippen LogP contribution in [0.15, 0.2) is 24.3 Å². The third-order valence-corrected chi connectivity index (χ3v) is 2.02. The molecule has 0 aliphatic heterocycles. The molecule has 2 rings (SSSR count). The number of hydrogen-bond donors (Lipinski definition) is 1. The zero-order valence-electron chi connectivity index (χ0n) is 7.50. The fraction of sp³-hybridized carbons (Fsp3) is 0. The molecule has 1 aromatic carbocycles. The summed E-state index contributed by atoms with van der Waals surface area (Å²) in [7, 11) is 0. The largest absolute Gasteiger partial charge is 0.366 e. The molecule has 0 aliphatic rings. The van der Waals surface area contributed by atoms with E-state index in [2.05, 4.69) is 4.98 Å². The van der Waals surface area contributed by atoms with Gasteiger partial charge in [-0.2, -0.15) is 4.39 Å². The standard InChI is InChI=1S/C10H6F2N2O/c11-7-4-5-2-1-3-6(10(13)15)8(5)14-9(7)12/h1-4H,(H2,13,15). The second kappa shape index (κ2) is 3.27. The Morgan fingerprint density at radius 1 is 1.33 bits per heavy atom. The van der Waals surface area contributed by atoms with Gasteiger partial charge in [-0.1, -0.05) is 12.1 Å². The Labute approximate surface area is 83.5 Å². The molecule has 0 saturated carbocycles.